The van der Waals surface area contributed by atoms with Crippen LogP contribution in [0.2, 0.25) is 0 Å². The van der Waals surface area contributed by atoms with Gasteiger partial charge in [0.25, 0.3) is 0 Å². The van der Waals surface area contributed by atoms with Crippen molar-refractivity contribution in [2.24, 2.45) is 0 Å². The number of aromatic hydroxyl groups is 2. The molecule has 1 heterocycles. The third-order valence-corrected chi connectivity index (χ3v) is 11.2. The SMILES string of the molecule is [B]c1c([B])c([B])c(-c2nc3ccccc3n2-c2ccccc2-c2c3ccccc3c(-c3c(O)c(O)c4c(C)c([B])c([B])c([B])c4c3[B])c3ccccc23)c([B])c1[B]. The van der Waals surface area contributed by atoms with Gasteiger partial charge in [-0.3, -0.25) is 4.57 Å². The molecule has 57 heavy (non-hydrogen) atoms. The number of imidazole rings is 1. The number of hydrogen-bond donors (Lipinski definition) is 2. The number of fused-ring (bicyclic) bond motifs is 4. The number of rotatable bonds is 4. The van der Waals surface area contributed by atoms with Gasteiger partial charge in [0.2, 0.25) is 0 Å². The highest BCUT2D eigenvalue weighted by molar-refractivity contribution is 6.69. The molecule has 0 aliphatic rings. The molecule has 1 aromatic heterocycles. The Morgan fingerprint density at radius 2 is 0.930 bits per heavy atom. The van der Waals surface area contributed by atoms with Crippen LogP contribution in [0.5, 0.6) is 11.5 Å². The van der Waals surface area contributed by atoms with E-state index in [1.54, 1.807) is 6.92 Å². The van der Waals surface area contributed by atoms with Crippen LogP contribution in [0.1, 0.15) is 5.56 Å². The van der Waals surface area contributed by atoms with E-state index >= 15 is 0 Å². The van der Waals surface area contributed by atoms with Crippen molar-refractivity contribution >= 4 is 163 Å². The zero-order valence-electron chi connectivity index (χ0n) is 30.7. The van der Waals surface area contributed by atoms with Crippen LogP contribution >= 0.6 is 0 Å². The van der Waals surface area contributed by atoms with E-state index in [-0.39, 0.29) is 60.1 Å². The van der Waals surface area contributed by atoms with Crippen molar-refractivity contribution in [1.29, 1.82) is 0 Å². The molecule has 0 saturated heterocycles. The number of aryl methyl sites for hydroxylation is 1. The summed E-state index contributed by atoms with van der Waals surface area (Å²) in [5.74, 6) is -0.407. The Balaban J connectivity index is 1.42. The van der Waals surface area contributed by atoms with E-state index in [0.29, 0.717) is 33.4 Å². The standard InChI is InChI=1S/C44H21B9N2O2/c1-18-27-30(35(47)38(50)33(18)45)34(46)31(43(57)42(27)56)29-21-12-4-2-10-19(21)28(20-11-3-5-13-22(20)29)23-14-6-8-16-25(23)55-26-17-9-7-15-24(26)54-44(55)32-36(48)39(51)41(53)40(52)37(32)49/h2-17,56-57H,1H3. The van der Waals surface area contributed by atoms with Crippen LogP contribution in [0.4, 0.5) is 0 Å². The predicted octanol–water partition coefficient (Wildman–Crippen LogP) is 0.350. The predicted molar refractivity (Wildman–Crippen MR) is 246 cm³/mol. The lowest BCUT2D eigenvalue weighted by molar-refractivity contribution is 0.410. The fourth-order valence-electron chi connectivity index (χ4n) is 8.35. The molecule has 9 rings (SSSR count). The van der Waals surface area contributed by atoms with Gasteiger partial charge in [-0.05, 0) is 63.2 Å². The van der Waals surface area contributed by atoms with Crippen molar-refractivity contribution < 1.29 is 10.2 Å². The summed E-state index contributed by atoms with van der Waals surface area (Å²) in [6.07, 6.45) is 0. The van der Waals surface area contributed by atoms with Gasteiger partial charge >= 0.3 is 0 Å². The van der Waals surface area contributed by atoms with Crippen LogP contribution in [0, 0.1) is 6.92 Å². The number of hydrogen-bond acceptors (Lipinski definition) is 3. The monoisotopic (exact) mass is 708 g/mol. The Kier molecular flexibility index (Phi) is 8.66. The smallest absolute Gasteiger partial charge is 0.166 e. The second-order valence-electron chi connectivity index (χ2n) is 14.2. The summed E-state index contributed by atoms with van der Waals surface area (Å²) in [4.78, 5) is 5.04. The Hall–Kier alpha value is -5.81. The Morgan fingerprint density at radius 1 is 0.439 bits per heavy atom. The van der Waals surface area contributed by atoms with Gasteiger partial charge in [0.1, 0.15) is 76.4 Å². The molecule has 0 amide bonds. The summed E-state index contributed by atoms with van der Waals surface area (Å²) in [6.45, 7) is 1.69. The van der Waals surface area contributed by atoms with Gasteiger partial charge in [0.15, 0.2) is 11.5 Å². The second-order valence-corrected chi connectivity index (χ2v) is 14.2. The first kappa shape index (κ1) is 36.8. The molecule has 0 saturated carbocycles. The maximum absolute atomic E-state index is 11.9. The largest absolute Gasteiger partial charge is 0.504 e. The van der Waals surface area contributed by atoms with E-state index in [2.05, 4.69) is 0 Å². The highest BCUT2D eigenvalue weighted by atomic mass is 16.3. The van der Waals surface area contributed by atoms with Crippen molar-refractivity contribution in [1.82, 2.24) is 9.55 Å². The van der Waals surface area contributed by atoms with Gasteiger partial charge < -0.3 is 10.2 Å². The molecule has 0 bridgehead atoms. The Labute approximate surface area is 341 Å². The van der Waals surface area contributed by atoms with E-state index in [0.717, 1.165) is 43.9 Å². The third-order valence-electron chi connectivity index (χ3n) is 11.2. The lowest BCUT2D eigenvalue weighted by Gasteiger charge is -2.25. The fourth-order valence-corrected chi connectivity index (χ4v) is 8.35. The lowest BCUT2D eigenvalue weighted by Crippen LogP contribution is -2.55. The Bertz CT molecular complexity index is 3150. The second kappa shape index (κ2) is 13.4. The molecule has 13 heteroatoms. The first-order valence-electron chi connectivity index (χ1n) is 18.0. The van der Waals surface area contributed by atoms with Crippen molar-refractivity contribution in [3.63, 3.8) is 0 Å². The highest BCUT2D eigenvalue weighted by Gasteiger charge is 2.27. The molecule has 18 radical (unpaired) electrons. The van der Waals surface area contributed by atoms with Crippen molar-refractivity contribution in [3.8, 4) is 50.8 Å². The van der Waals surface area contributed by atoms with E-state index in [4.69, 9.17) is 75.6 Å². The van der Waals surface area contributed by atoms with E-state index in [1.165, 1.54) is 0 Å². The molecule has 0 fully saturated rings. The minimum absolute atomic E-state index is 0.103. The van der Waals surface area contributed by atoms with Gasteiger partial charge in [-0.1, -0.05) is 101 Å². The lowest BCUT2D eigenvalue weighted by atomic mass is 9.60. The number of phenols is 2. The maximum Gasteiger partial charge on any atom is 0.166 e. The number of phenolic OH excluding ortho intramolecular Hbond substituents is 2. The number of para-hydroxylation sites is 3. The van der Waals surface area contributed by atoms with E-state index in [9.17, 15) is 10.2 Å². The van der Waals surface area contributed by atoms with Crippen molar-refractivity contribution in [3.05, 3.63) is 103 Å². The summed E-state index contributed by atoms with van der Waals surface area (Å²) in [5, 5.41) is 27.2. The van der Waals surface area contributed by atoms with Gasteiger partial charge in [0, 0.05) is 27.6 Å². The van der Waals surface area contributed by atoms with Crippen LogP contribution in [-0.2, 0) is 0 Å². The summed E-state index contributed by atoms with van der Waals surface area (Å²) in [7, 11) is 58.5. The minimum Gasteiger partial charge on any atom is -0.504 e. The average Bonchev–Trinajstić information content (AvgIpc) is 3.60. The van der Waals surface area contributed by atoms with E-state index in [1.807, 2.05) is 102 Å². The van der Waals surface area contributed by atoms with Crippen molar-refractivity contribution in [2.75, 3.05) is 0 Å². The van der Waals surface area contributed by atoms with Crippen LogP contribution < -0.4 is 49.2 Å². The van der Waals surface area contributed by atoms with Crippen LogP contribution in [0.25, 0.3) is 82.7 Å². The number of benzene rings is 8. The Morgan fingerprint density at radius 3 is 1.54 bits per heavy atom. The summed E-state index contributed by atoms with van der Waals surface area (Å²) in [5.41, 5.74) is 6.73. The minimum atomic E-state index is -0.415. The molecule has 0 atom stereocenters. The molecule has 9 aromatic rings. The fraction of sp³-hybridized carbons (Fsp3) is 0.0227. The highest BCUT2D eigenvalue weighted by Crippen LogP contribution is 2.49. The topological polar surface area (TPSA) is 58.3 Å². The van der Waals surface area contributed by atoms with Crippen LogP contribution in [0.3, 0.4) is 0 Å². The molecule has 8 aromatic carbocycles. The zero-order valence-corrected chi connectivity index (χ0v) is 30.7. The van der Waals surface area contributed by atoms with Gasteiger partial charge in [0.05, 0.1) is 16.7 Å². The first-order chi connectivity index (χ1) is 27.3. The summed E-state index contributed by atoms with van der Waals surface area (Å²) in [6, 6.07) is 31.2. The molecule has 4 nitrogen and oxygen atoms in total. The summed E-state index contributed by atoms with van der Waals surface area (Å²) < 4.78 is 1.99. The van der Waals surface area contributed by atoms with Crippen LogP contribution in [0.15, 0.2) is 97.1 Å². The molecule has 2 N–H and O–H groups in total. The number of nitrogens with zero attached hydrogens (tertiary/aromatic N) is 2. The maximum atomic E-state index is 11.9. The van der Waals surface area contributed by atoms with Gasteiger partial charge in [-0.2, -0.15) is 0 Å². The molecule has 0 aliphatic carbocycles. The zero-order chi connectivity index (χ0) is 40.2. The molecule has 246 valence electrons. The average molecular weight is 707 g/mol. The normalized spacial score (nSPS) is 11.7. The van der Waals surface area contributed by atoms with E-state index < -0.39 is 11.5 Å². The van der Waals surface area contributed by atoms with Gasteiger partial charge in [-0.25, -0.2) is 4.98 Å². The molecule has 0 unspecified atom stereocenters. The molecule has 0 spiro atoms. The molecular formula is C44H21B9N2O2. The molecular weight excluding hydrogens is 686 g/mol. The van der Waals surface area contributed by atoms with Gasteiger partial charge in [-0.15, -0.1) is 27.3 Å². The number of aromatic nitrogens is 2. The third kappa shape index (κ3) is 5.17. The summed E-state index contributed by atoms with van der Waals surface area (Å²) >= 11 is 0. The van der Waals surface area contributed by atoms with Crippen LogP contribution in [-0.4, -0.2) is 90.4 Å². The first-order valence-corrected chi connectivity index (χ1v) is 18.0. The molecule has 0 aliphatic heterocycles. The quantitative estimate of drug-likeness (QED) is 0.158. The van der Waals surface area contributed by atoms with Crippen molar-refractivity contribution in [2.45, 2.75) is 6.92 Å².